The van der Waals surface area contributed by atoms with Crippen LogP contribution >= 0.6 is 0 Å². The molecule has 3 amide bonds. The molecule has 1 atom stereocenters. The number of carbonyl (C=O) groups is 2. The Hall–Kier alpha value is -1.95. The lowest BCUT2D eigenvalue weighted by Gasteiger charge is -2.37. The normalized spacial score (nSPS) is 29.0. The van der Waals surface area contributed by atoms with E-state index < -0.39 is 5.54 Å². The number of nitrogens with zero attached hydrogens (tertiary/aromatic N) is 2. The second-order valence-corrected chi connectivity index (χ2v) is 6.86. The predicted octanol–water partition coefficient (Wildman–Crippen LogP) is 1.24. The molecule has 6 heteroatoms. The molecule has 0 radical (unpaired) electrons. The molecule has 2 saturated heterocycles. The number of rotatable bonds is 4. The van der Waals surface area contributed by atoms with Gasteiger partial charge < -0.3 is 10.6 Å². The van der Waals surface area contributed by atoms with Crippen molar-refractivity contribution in [2.24, 2.45) is 11.8 Å². The van der Waals surface area contributed by atoms with E-state index >= 15 is 0 Å². The molecule has 122 valence electrons. The first-order valence-corrected chi connectivity index (χ1v) is 8.47. The Morgan fingerprint density at radius 2 is 2.00 bits per heavy atom. The van der Waals surface area contributed by atoms with E-state index in [1.807, 2.05) is 12.1 Å². The van der Waals surface area contributed by atoms with Gasteiger partial charge >= 0.3 is 6.03 Å². The van der Waals surface area contributed by atoms with Crippen molar-refractivity contribution < 1.29 is 9.59 Å². The lowest BCUT2D eigenvalue weighted by molar-refractivity contribution is -0.134. The van der Waals surface area contributed by atoms with E-state index in [1.54, 1.807) is 12.4 Å². The third kappa shape index (κ3) is 2.41. The number of aromatic nitrogens is 1. The van der Waals surface area contributed by atoms with Crippen molar-refractivity contribution in [2.75, 3.05) is 19.6 Å². The van der Waals surface area contributed by atoms with Gasteiger partial charge in [-0.2, -0.15) is 0 Å². The first kappa shape index (κ1) is 14.6. The Kier molecular flexibility index (Phi) is 3.56. The van der Waals surface area contributed by atoms with Crippen LogP contribution in [0.5, 0.6) is 0 Å². The van der Waals surface area contributed by atoms with Crippen LogP contribution in [0.3, 0.4) is 0 Å². The minimum absolute atomic E-state index is 0.0886. The number of piperidine rings is 1. The fraction of sp³-hybridized carbons (Fsp3) is 0.588. The topological polar surface area (TPSA) is 74.3 Å². The Bertz CT molecular complexity index is 610. The summed E-state index contributed by atoms with van der Waals surface area (Å²) in [5.41, 5.74) is -0.133. The highest BCUT2D eigenvalue weighted by Crippen LogP contribution is 2.41. The molecular weight excluding hydrogens is 292 g/mol. The Morgan fingerprint density at radius 1 is 1.22 bits per heavy atom. The second-order valence-electron chi connectivity index (χ2n) is 6.86. The van der Waals surface area contributed by atoms with Crippen LogP contribution in [-0.4, -0.2) is 41.5 Å². The monoisotopic (exact) mass is 314 g/mol. The van der Waals surface area contributed by atoms with Gasteiger partial charge in [0.1, 0.15) is 0 Å². The second kappa shape index (κ2) is 5.60. The summed E-state index contributed by atoms with van der Waals surface area (Å²) in [4.78, 5) is 31.5. The van der Waals surface area contributed by atoms with Gasteiger partial charge in [-0.05, 0) is 56.7 Å². The number of imide groups is 1. The largest absolute Gasteiger partial charge is 0.325 e. The molecule has 1 aliphatic carbocycles. The smallest absolute Gasteiger partial charge is 0.319 e. The maximum atomic E-state index is 13.3. The van der Waals surface area contributed by atoms with E-state index in [2.05, 4.69) is 15.6 Å². The molecule has 2 N–H and O–H groups in total. The van der Waals surface area contributed by atoms with Crippen molar-refractivity contribution in [1.82, 2.24) is 20.5 Å². The van der Waals surface area contributed by atoms with E-state index in [0.29, 0.717) is 12.5 Å². The number of nitrogens with one attached hydrogen (secondary N) is 2. The maximum absolute atomic E-state index is 13.3. The number of pyridine rings is 1. The molecule has 0 spiro atoms. The Labute approximate surface area is 135 Å². The highest BCUT2D eigenvalue weighted by atomic mass is 16.2. The molecule has 0 unspecified atom stereocenters. The quantitative estimate of drug-likeness (QED) is 0.820. The van der Waals surface area contributed by atoms with Crippen LogP contribution in [0.4, 0.5) is 4.79 Å². The van der Waals surface area contributed by atoms with Gasteiger partial charge in [0, 0.05) is 24.5 Å². The number of hydrogen-bond acceptors (Lipinski definition) is 4. The fourth-order valence-electron chi connectivity index (χ4n) is 3.88. The van der Waals surface area contributed by atoms with Gasteiger partial charge in [-0.3, -0.25) is 14.7 Å². The zero-order valence-electron chi connectivity index (χ0n) is 13.1. The van der Waals surface area contributed by atoms with Crippen LogP contribution in [0.15, 0.2) is 24.5 Å². The first-order chi connectivity index (χ1) is 11.2. The average Bonchev–Trinajstić information content (AvgIpc) is 3.38. The van der Waals surface area contributed by atoms with Crippen LogP contribution in [0.2, 0.25) is 0 Å². The SMILES string of the molecule is O=C1N[C@@](c2cccnc2)(C2CCNCC2)C(=O)N1CC1CC1. The number of hydrogen-bond donors (Lipinski definition) is 2. The molecule has 3 aliphatic rings. The third-order valence-corrected chi connectivity index (χ3v) is 5.34. The Morgan fingerprint density at radius 3 is 2.65 bits per heavy atom. The van der Waals surface area contributed by atoms with E-state index in [1.165, 1.54) is 4.90 Å². The molecule has 1 aromatic rings. The predicted molar refractivity (Wildman–Crippen MR) is 84.5 cm³/mol. The van der Waals surface area contributed by atoms with Crippen molar-refractivity contribution in [2.45, 2.75) is 31.2 Å². The molecule has 0 aromatic carbocycles. The Balaban J connectivity index is 1.73. The fourth-order valence-corrected chi connectivity index (χ4v) is 3.88. The van der Waals surface area contributed by atoms with Crippen molar-refractivity contribution >= 4 is 11.9 Å². The van der Waals surface area contributed by atoms with E-state index in [4.69, 9.17) is 0 Å². The van der Waals surface area contributed by atoms with Crippen LogP contribution in [0.1, 0.15) is 31.2 Å². The molecule has 1 saturated carbocycles. The highest BCUT2D eigenvalue weighted by molar-refractivity contribution is 6.07. The zero-order valence-corrected chi connectivity index (χ0v) is 13.1. The van der Waals surface area contributed by atoms with Gasteiger partial charge in [-0.15, -0.1) is 0 Å². The maximum Gasteiger partial charge on any atom is 0.325 e. The molecule has 2 aliphatic heterocycles. The van der Waals surface area contributed by atoms with Crippen molar-refractivity contribution in [3.63, 3.8) is 0 Å². The van der Waals surface area contributed by atoms with Gasteiger partial charge in [0.05, 0.1) is 0 Å². The summed E-state index contributed by atoms with van der Waals surface area (Å²) in [5.74, 6) is 0.505. The summed E-state index contributed by atoms with van der Waals surface area (Å²) >= 11 is 0. The van der Waals surface area contributed by atoms with E-state index in [9.17, 15) is 9.59 Å². The molecule has 1 aromatic heterocycles. The van der Waals surface area contributed by atoms with Crippen LogP contribution in [0.25, 0.3) is 0 Å². The molecule has 3 fully saturated rings. The van der Waals surface area contributed by atoms with Crippen LogP contribution < -0.4 is 10.6 Å². The molecule has 3 heterocycles. The first-order valence-electron chi connectivity index (χ1n) is 8.47. The van der Waals surface area contributed by atoms with Crippen molar-refractivity contribution in [3.8, 4) is 0 Å². The zero-order chi connectivity index (χ0) is 15.9. The molecule has 6 nitrogen and oxygen atoms in total. The summed E-state index contributed by atoms with van der Waals surface area (Å²) in [7, 11) is 0. The van der Waals surface area contributed by atoms with Gasteiger partial charge in [-0.1, -0.05) is 6.07 Å². The van der Waals surface area contributed by atoms with Crippen LogP contribution in [0, 0.1) is 11.8 Å². The van der Waals surface area contributed by atoms with Crippen LogP contribution in [-0.2, 0) is 10.3 Å². The van der Waals surface area contributed by atoms with Crippen molar-refractivity contribution in [3.05, 3.63) is 30.1 Å². The highest BCUT2D eigenvalue weighted by Gasteiger charge is 2.57. The molecular formula is C17H22N4O2. The minimum Gasteiger partial charge on any atom is -0.319 e. The molecule has 0 bridgehead atoms. The summed E-state index contributed by atoms with van der Waals surface area (Å²) in [6.45, 7) is 2.30. The summed E-state index contributed by atoms with van der Waals surface area (Å²) in [5, 5.41) is 6.39. The van der Waals surface area contributed by atoms with Gasteiger partial charge in [-0.25, -0.2) is 4.79 Å². The van der Waals surface area contributed by atoms with Gasteiger partial charge in [0.2, 0.25) is 0 Å². The number of carbonyl (C=O) groups excluding carboxylic acids is 2. The lowest BCUT2D eigenvalue weighted by atomic mass is 9.74. The number of urea groups is 1. The number of amides is 3. The summed E-state index contributed by atoms with van der Waals surface area (Å²) in [6.07, 6.45) is 7.40. The standard InChI is InChI=1S/C17H22N4O2/c22-15-17(13-5-8-18-9-6-13,14-2-1-7-19-10-14)20-16(23)21(15)11-12-3-4-12/h1-2,7,10,12-13,18H,3-6,8-9,11H2,(H,20,23)/t17-/m1/s1. The van der Waals surface area contributed by atoms with Gasteiger partial charge in [0.15, 0.2) is 5.54 Å². The minimum atomic E-state index is -0.942. The summed E-state index contributed by atoms with van der Waals surface area (Å²) in [6, 6.07) is 3.50. The van der Waals surface area contributed by atoms with Crippen molar-refractivity contribution in [1.29, 1.82) is 0 Å². The molecule has 23 heavy (non-hydrogen) atoms. The van der Waals surface area contributed by atoms with Gasteiger partial charge in [0.25, 0.3) is 5.91 Å². The summed E-state index contributed by atoms with van der Waals surface area (Å²) < 4.78 is 0. The third-order valence-electron chi connectivity index (χ3n) is 5.34. The van der Waals surface area contributed by atoms with E-state index in [-0.39, 0.29) is 17.9 Å². The average molecular weight is 314 g/mol. The van der Waals surface area contributed by atoms with E-state index in [0.717, 1.165) is 44.3 Å². The lowest BCUT2D eigenvalue weighted by Crippen LogP contribution is -2.53. The molecule has 4 rings (SSSR count).